The highest BCUT2D eigenvalue weighted by Gasteiger charge is 2.10. The van der Waals surface area contributed by atoms with E-state index in [1.54, 1.807) is 30.1 Å². The third kappa shape index (κ3) is 4.47. The van der Waals surface area contributed by atoms with E-state index < -0.39 is 0 Å². The van der Waals surface area contributed by atoms with E-state index in [4.69, 9.17) is 22.6 Å². The molecular weight excluding hydrogens is 270 g/mol. The van der Waals surface area contributed by atoms with Crippen molar-refractivity contribution in [3.63, 3.8) is 0 Å². The fraction of sp³-hybridized carbons (Fsp3) is 0.333. The van der Waals surface area contributed by atoms with Gasteiger partial charge in [0, 0.05) is 24.2 Å². The molecule has 18 heavy (non-hydrogen) atoms. The van der Waals surface area contributed by atoms with Crippen LogP contribution >= 0.6 is 23.4 Å². The standard InChI is InChI=1S/C12H14ClN3OS/c1-16(6-2-5-14)12(17)8-18-11-4-3-9(15)7-10(11)13/h3-4,7H,2,6,8,15H2,1H3. The van der Waals surface area contributed by atoms with Crippen LogP contribution in [0.2, 0.25) is 5.02 Å². The first-order valence-electron chi connectivity index (χ1n) is 5.33. The number of carbonyl (C=O) groups excluding carboxylic acids is 1. The largest absolute Gasteiger partial charge is 0.399 e. The van der Waals surface area contributed by atoms with Gasteiger partial charge in [0.2, 0.25) is 5.91 Å². The van der Waals surface area contributed by atoms with Gasteiger partial charge in [0.25, 0.3) is 0 Å². The number of amides is 1. The molecule has 1 amide bonds. The third-order valence-corrected chi connectivity index (χ3v) is 3.77. The van der Waals surface area contributed by atoms with Crippen LogP contribution in [0.5, 0.6) is 0 Å². The van der Waals surface area contributed by atoms with Gasteiger partial charge in [-0.15, -0.1) is 11.8 Å². The van der Waals surface area contributed by atoms with E-state index in [0.717, 1.165) is 4.90 Å². The van der Waals surface area contributed by atoms with Crippen molar-refractivity contribution in [2.45, 2.75) is 11.3 Å². The molecule has 0 radical (unpaired) electrons. The summed E-state index contributed by atoms with van der Waals surface area (Å²) in [5.41, 5.74) is 6.19. The quantitative estimate of drug-likeness (QED) is 0.665. The average Bonchev–Trinajstić information content (AvgIpc) is 2.34. The van der Waals surface area contributed by atoms with Crippen LogP contribution in [0.3, 0.4) is 0 Å². The number of nitrogens with zero attached hydrogens (tertiary/aromatic N) is 2. The smallest absolute Gasteiger partial charge is 0.232 e. The lowest BCUT2D eigenvalue weighted by Gasteiger charge is -2.15. The number of anilines is 1. The molecule has 0 atom stereocenters. The Kier molecular flexibility index (Phi) is 5.83. The van der Waals surface area contributed by atoms with E-state index >= 15 is 0 Å². The molecule has 2 N–H and O–H groups in total. The molecule has 0 spiro atoms. The number of hydrogen-bond acceptors (Lipinski definition) is 4. The maximum Gasteiger partial charge on any atom is 0.232 e. The summed E-state index contributed by atoms with van der Waals surface area (Å²) in [4.78, 5) is 14.1. The van der Waals surface area contributed by atoms with E-state index in [-0.39, 0.29) is 5.91 Å². The minimum Gasteiger partial charge on any atom is -0.399 e. The minimum absolute atomic E-state index is 0.0249. The van der Waals surface area contributed by atoms with Gasteiger partial charge in [-0.2, -0.15) is 5.26 Å². The highest BCUT2D eigenvalue weighted by atomic mass is 35.5. The molecule has 0 aromatic heterocycles. The van der Waals surface area contributed by atoms with Crippen LogP contribution in [0.4, 0.5) is 5.69 Å². The van der Waals surface area contributed by atoms with Crippen molar-refractivity contribution in [2.24, 2.45) is 0 Å². The lowest BCUT2D eigenvalue weighted by molar-refractivity contribution is -0.127. The summed E-state index contributed by atoms with van der Waals surface area (Å²) in [6.45, 7) is 0.450. The number of thioether (sulfide) groups is 1. The van der Waals surface area contributed by atoms with Crippen molar-refractivity contribution < 1.29 is 4.79 Å². The maximum atomic E-state index is 11.7. The van der Waals surface area contributed by atoms with Crippen molar-refractivity contribution in [1.82, 2.24) is 4.90 Å². The number of nitrogen functional groups attached to an aromatic ring is 1. The number of benzene rings is 1. The monoisotopic (exact) mass is 283 g/mol. The molecule has 0 saturated carbocycles. The van der Waals surface area contributed by atoms with Gasteiger partial charge in [-0.3, -0.25) is 4.79 Å². The molecule has 1 aromatic rings. The lowest BCUT2D eigenvalue weighted by Crippen LogP contribution is -2.29. The summed E-state index contributed by atoms with van der Waals surface area (Å²) < 4.78 is 0. The highest BCUT2D eigenvalue weighted by Crippen LogP contribution is 2.28. The maximum absolute atomic E-state index is 11.7. The van der Waals surface area contributed by atoms with Crippen molar-refractivity contribution >= 4 is 35.0 Å². The summed E-state index contributed by atoms with van der Waals surface area (Å²) >= 11 is 7.37. The Balaban J connectivity index is 2.50. The second-order valence-electron chi connectivity index (χ2n) is 3.70. The van der Waals surface area contributed by atoms with E-state index in [9.17, 15) is 4.79 Å². The Morgan fingerprint density at radius 1 is 1.61 bits per heavy atom. The molecule has 0 bridgehead atoms. The van der Waals surface area contributed by atoms with Gasteiger partial charge in [-0.25, -0.2) is 0 Å². The molecule has 1 rings (SSSR count). The summed E-state index contributed by atoms with van der Waals surface area (Å²) in [5, 5.41) is 8.99. The Morgan fingerprint density at radius 3 is 2.94 bits per heavy atom. The topological polar surface area (TPSA) is 70.1 Å². The Labute approximate surface area is 116 Å². The summed E-state index contributed by atoms with van der Waals surface area (Å²) in [6.07, 6.45) is 0.343. The number of halogens is 1. The number of hydrogen-bond donors (Lipinski definition) is 1. The predicted molar refractivity (Wildman–Crippen MR) is 74.5 cm³/mol. The molecule has 0 fully saturated rings. The molecule has 0 aliphatic heterocycles. The van der Waals surface area contributed by atoms with Crippen molar-refractivity contribution in [3.05, 3.63) is 23.2 Å². The molecular formula is C12H14ClN3OS. The lowest BCUT2D eigenvalue weighted by atomic mass is 10.3. The zero-order valence-corrected chi connectivity index (χ0v) is 11.6. The van der Waals surface area contributed by atoms with Crippen LogP contribution in [0, 0.1) is 11.3 Å². The first-order chi connectivity index (χ1) is 8.54. The molecule has 96 valence electrons. The average molecular weight is 284 g/mol. The molecule has 6 heteroatoms. The molecule has 0 aliphatic carbocycles. The summed E-state index contributed by atoms with van der Waals surface area (Å²) in [7, 11) is 1.69. The minimum atomic E-state index is -0.0249. The Morgan fingerprint density at radius 2 is 2.33 bits per heavy atom. The zero-order chi connectivity index (χ0) is 13.5. The van der Waals surface area contributed by atoms with Crippen LogP contribution in [0.25, 0.3) is 0 Å². The molecule has 4 nitrogen and oxygen atoms in total. The van der Waals surface area contributed by atoms with Crippen molar-refractivity contribution in [1.29, 1.82) is 5.26 Å². The van der Waals surface area contributed by atoms with Gasteiger partial charge >= 0.3 is 0 Å². The number of rotatable bonds is 5. The zero-order valence-electron chi connectivity index (χ0n) is 10.0. The first-order valence-corrected chi connectivity index (χ1v) is 6.69. The van der Waals surface area contributed by atoms with E-state index in [1.807, 2.05) is 6.07 Å². The predicted octanol–water partition coefficient (Wildman–Crippen LogP) is 2.39. The molecule has 0 saturated heterocycles. The summed E-state index contributed by atoms with van der Waals surface area (Å²) in [6, 6.07) is 7.21. The Hall–Kier alpha value is -1.38. The molecule has 1 aromatic carbocycles. The van der Waals surface area contributed by atoms with Gasteiger partial charge in [-0.05, 0) is 18.2 Å². The van der Waals surface area contributed by atoms with Crippen LogP contribution < -0.4 is 5.73 Å². The first kappa shape index (κ1) is 14.7. The number of nitriles is 1. The normalized spacial score (nSPS) is 9.83. The van der Waals surface area contributed by atoms with E-state index in [2.05, 4.69) is 0 Å². The molecule has 0 aliphatic rings. The number of nitrogens with two attached hydrogens (primary N) is 1. The molecule has 0 unspecified atom stereocenters. The van der Waals surface area contributed by atoms with E-state index in [1.165, 1.54) is 11.8 Å². The van der Waals surface area contributed by atoms with Crippen LogP contribution in [-0.4, -0.2) is 30.2 Å². The van der Waals surface area contributed by atoms with Gasteiger partial charge in [-0.1, -0.05) is 11.6 Å². The second-order valence-corrected chi connectivity index (χ2v) is 5.13. The highest BCUT2D eigenvalue weighted by molar-refractivity contribution is 8.00. The van der Waals surface area contributed by atoms with Gasteiger partial charge < -0.3 is 10.6 Å². The van der Waals surface area contributed by atoms with Crippen LogP contribution in [-0.2, 0) is 4.79 Å². The fourth-order valence-corrected chi connectivity index (χ4v) is 2.44. The van der Waals surface area contributed by atoms with Crippen LogP contribution in [0.1, 0.15) is 6.42 Å². The summed E-state index contributed by atoms with van der Waals surface area (Å²) in [5.74, 6) is 0.272. The van der Waals surface area contributed by atoms with Crippen molar-refractivity contribution in [3.8, 4) is 6.07 Å². The van der Waals surface area contributed by atoms with Crippen LogP contribution in [0.15, 0.2) is 23.1 Å². The van der Waals surface area contributed by atoms with Crippen molar-refractivity contribution in [2.75, 3.05) is 25.1 Å². The number of carbonyl (C=O) groups is 1. The second kappa shape index (κ2) is 7.14. The van der Waals surface area contributed by atoms with Gasteiger partial charge in [0.05, 0.1) is 23.3 Å². The van der Waals surface area contributed by atoms with E-state index in [0.29, 0.717) is 29.4 Å². The third-order valence-electron chi connectivity index (χ3n) is 2.29. The SMILES string of the molecule is CN(CCC#N)C(=O)CSc1ccc(N)cc1Cl. The van der Waals surface area contributed by atoms with Gasteiger partial charge in [0.1, 0.15) is 0 Å². The molecule has 0 heterocycles. The Bertz CT molecular complexity index is 473. The van der Waals surface area contributed by atoms with Gasteiger partial charge in [0.15, 0.2) is 0 Å². The fourth-order valence-electron chi connectivity index (χ4n) is 1.23.